The van der Waals surface area contributed by atoms with E-state index in [9.17, 15) is 0 Å². The van der Waals surface area contributed by atoms with Gasteiger partial charge in [0.1, 0.15) is 0 Å². The number of benzene rings is 1. The largest absolute Gasteiger partial charge is 0.490 e. The molecule has 2 aromatic rings. The Labute approximate surface area is 131 Å². The van der Waals surface area contributed by atoms with Crippen LogP contribution in [0.25, 0.3) is 0 Å². The third kappa shape index (κ3) is 3.74. The molecule has 0 spiro atoms. The SMILES string of the molecule is Brc1cc(CNCCn2ccnn2)cc2c1OCCCO2. The molecule has 6 nitrogen and oxygen atoms in total. The normalized spacial score (nSPS) is 14.0. The van der Waals surface area contributed by atoms with E-state index in [-0.39, 0.29) is 0 Å². The summed E-state index contributed by atoms with van der Waals surface area (Å²) in [7, 11) is 0. The number of hydrogen-bond acceptors (Lipinski definition) is 5. The lowest BCUT2D eigenvalue weighted by Gasteiger charge is -2.12. The molecule has 7 heteroatoms. The van der Waals surface area contributed by atoms with Crippen molar-refractivity contribution < 1.29 is 9.47 Å². The lowest BCUT2D eigenvalue weighted by Crippen LogP contribution is -2.19. The molecule has 0 fully saturated rings. The number of hydrogen-bond donors (Lipinski definition) is 1. The van der Waals surface area contributed by atoms with Crippen LogP contribution in [0.3, 0.4) is 0 Å². The summed E-state index contributed by atoms with van der Waals surface area (Å²) < 4.78 is 14.2. The molecule has 0 bridgehead atoms. The number of nitrogens with one attached hydrogen (secondary N) is 1. The zero-order chi connectivity index (χ0) is 14.5. The van der Waals surface area contributed by atoms with Gasteiger partial charge in [0.25, 0.3) is 0 Å². The first kappa shape index (κ1) is 14.3. The first-order valence-electron chi connectivity index (χ1n) is 6.96. The van der Waals surface area contributed by atoms with Crippen molar-refractivity contribution in [1.29, 1.82) is 0 Å². The lowest BCUT2D eigenvalue weighted by atomic mass is 10.2. The van der Waals surface area contributed by atoms with E-state index in [2.05, 4.69) is 37.6 Å². The fraction of sp³-hybridized carbons (Fsp3) is 0.429. The maximum Gasteiger partial charge on any atom is 0.175 e. The highest BCUT2D eigenvalue weighted by atomic mass is 79.9. The van der Waals surface area contributed by atoms with Gasteiger partial charge in [0.15, 0.2) is 11.5 Å². The van der Waals surface area contributed by atoms with Crippen molar-refractivity contribution in [2.24, 2.45) is 0 Å². The first-order valence-corrected chi connectivity index (χ1v) is 7.75. The Kier molecular flexibility index (Phi) is 4.72. The molecule has 0 radical (unpaired) electrons. The van der Waals surface area contributed by atoms with E-state index < -0.39 is 0 Å². The average Bonchev–Trinajstić information content (AvgIpc) is 2.87. The number of fused-ring (bicyclic) bond motifs is 1. The topological polar surface area (TPSA) is 61.2 Å². The van der Waals surface area contributed by atoms with Gasteiger partial charge in [0.05, 0.1) is 30.4 Å². The quantitative estimate of drug-likeness (QED) is 0.833. The van der Waals surface area contributed by atoms with Crippen LogP contribution >= 0.6 is 15.9 Å². The Morgan fingerprint density at radius 3 is 3.05 bits per heavy atom. The van der Waals surface area contributed by atoms with Gasteiger partial charge in [-0.05, 0) is 33.6 Å². The molecule has 0 atom stereocenters. The number of rotatable bonds is 5. The third-order valence-electron chi connectivity index (χ3n) is 3.18. The van der Waals surface area contributed by atoms with Crippen LogP contribution in [-0.2, 0) is 13.1 Å². The zero-order valence-corrected chi connectivity index (χ0v) is 13.2. The number of nitrogens with zero attached hydrogens (tertiary/aromatic N) is 3. The Bertz CT molecular complexity index is 589. The van der Waals surface area contributed by atoms with Gasteiger partial charge >= 0.3 is 0 Å². The highest BCUT2D eigenvalue weighted by molar-refractivity contribution is 9.10. The van der Waals surface area contributed by atoms with Crippen LogP contribution in [0.1, 0.15) is 12.0 Å². The summed E-state index contributed by atoms with van der Waals surface area (Å²) in [6.45, 7) is 3.79. The van der Waals surface area contributed by atoms with Crippen molar-refractivity contribution in [2.45, 2.75) is 19.5 Å². The highest BCUT2D eigenvalue weighted by Crippen LogP contribution is 2.38. The molecule has 2 heterocycles. The van der Waals surface area contributed by atoms with Gasteiger partial charge in [0.2, 0.25) is 0 Å². The predicted molar refractivity (Wildman–Crippen MR) is 81.5 cm³/mol. The number of aromatic nitrogens is 3. The second-order valence-electron chi connectivity index (χ2n) is 4.80. The Hall–Kier alpha value is -1.60. The summed E-state index contributed by atoms with van der Waals surface area (Å²) in [5.74, 6) is 1.62. The Balaban J connectivity index is 1.58. The molecule has 3 rings (SSSR count). The van der Waals surface area contributed by atoms with Crippen molar-refractivity contribution in [3.05, 3.63) is 34.6 Å². The maximum absolute atomic E-state index is 5.73. The van der Waals surface area contributed by atoms with E-state index in [0.29, 0.717) is 13.2 Å². The minimum Gasteiger partial charge on any atom is -0.490 e. The molecule has 0 unspecified atom stereocenters. The molecule has 1 aliphatic heterocycles. The van der Waals surface area contributed by atoms with Crippen molar-refractivity contribution in [3.63, 3.8) is 0 Å². The Morgan fingerprint density at radius 2 is 2.19 bits per heavy atom. The van der Waals surface area contributed by atoms with E-state index in [1.54, 1.807) is 10.9 Å². The predicted octanol–water partition coefficient (Wildman–Crippen LogP) is 1.99. The van der Waals surface area contributed by atoms with E-state index in [1.807, 2.05) is 12.3 Å². The summed E-state index contributed by atoms with van der Waals surface area (Å²) in [5.41, 5.74) is 1.16. The highest BCUT2D eigenvalue weighted by Gasteiger charge is 2.15. The average molecular weight is 353 g/mol. The van der Waals surface area contributed by atoms with Gasteiger partial charge in [-0.2, -0.15) is 0 Å². The molecule has 1 aromatic heterocycles. The molecule has 1 aromatic carbocycles. The van der Waals surface area contributed by atoms with Crippen molar-refractivity contribution in [1.82, 2.24) is 20.3 Å². The van der Waals surface area contributed by atoms with Crippen molar-refractivity contribution in [3.8, 4) is 11.5 Å². The van der Waals surface area contributed by atoms with Gasteiger partial charge in [-0.25, -0.2) is 0 Å². The van der Waals surface area contributed by atoms with Crippen molar-refractivity contribution >= 4 is 15.9 Å². The van der Waals surface area contributed by atoms with E-state index in [1.165, 1.54) is 0 Å². The monoisotopic (exact) mass is 352 g/mol. The Morgan fingerprint density at radius 1 is 1.29 bits per heavy atom. The molecule has 0 amide bonds. The van der Waals surface area contributed by atoms with Gasteiger partial charge in [-0.3, -0.25) is 4.68 Å². The molecule has 0 saturated carbocycles. The van der Waals surface area contributed by atoms with Crippen LogP contribution in [0.5, 0.6) is 11.5 Å². The van der Waals surface area contributed by atoms with Crippen LogP contribution in [0.2, 0.25) is 0 Å². The third-order valence-corrected chi connectivity index (χ3v) is 3.77. The molecule has 0 saturated heterocycles. The van der Waals surface area contributed by atoms with E-state index in [0.717, 1.165) is 47.6 Å². The molecule has 1 N–H and O–H groups in total. The molecule has 0 aliphatic carbocycles. The van der Waals surface area contributed by atoms with Gasteiger partial charge in [0, 0.05) is 25.7 Å². The van der Waals surface area contributed by atoms with Crippen LogP contribution in [0, 0.1) is 0 Å². The number of halogens is 1. The summed E-state index contributed by atoms with van der Waals surface area (Å²) in [5, 5.41) is 11.1. The second-order valence-corrected chi connectivity index (χ2v) is 5.65. The minimum absolute atomic E-state index is 0.696. The lowest BCUT2D eigenvalue weighted by molar-refractivity contribution is 0.296. The fourth-order valence-electron chi connectivity index (χ4n) is 2.16. The van der Waals surface area contributed by atoms with Crippen LogP contribution < -0.4 is 14.8 Å². The molecular weight excluding hydrogens is 336 g/mol. The smallest absolute Gasteiger partial charge is 0.175 e. The van der Waals surface area contributed by atoms with Gasteiger partial charge in [-0.15, -0.1) is 5.10 Å². The van der Waals surface area contributed by atoms with Gasteiger partial charge < -0.3 is 14.8 Å². The van der Waals surface area contributed by atoms with Crippen LogP contribution in [0.15, 0.2) is 29.0 Å². The standard InChI is InChI=1S/C14H17BrN4O2/c15-12-8-11(9-13-14(12)21-7-1-6-20-13)10-16-2-4-19-5-3-17-18-19/h3,5,8-9,16H,1-2,4,6-7,10H2. The number of ether oxygens (including phenoxy) is 2. The minimum atomic E-state index is 0.696. The second kappa shape index (κ2) is 6.91. The molecule has 112 valence electrons. The van der Waals surface area contributed by atoms with Crippen molar-refractivity contribution in [2.75, 3.05) is 19.8 Å². The molecule has 21 heavy (non-hydrogen) atoms. The summed E-state index contributed by atoms with van der Waals surface area (Å²) in [4.78, 5) is 0. The van der Waals surface area contributed by atoms with E-state index >= 15 is 0 Å². The summed E-state index contributed by atoms with van der Waals surface area (Å²) >= 11 is 3.55. The van der Waals surface area contributed by atoms with Gasteiger partial charge in [-0.1, -0.05) is 5.21 Å². The molecule has 1 aliphatic rings. The summed E-state index contributed by atoms with van der Waals surface area (Å²) in [6, 6.07) is 4.10. The molecular formula is C14H17BrN4O2. The summed E-state index contributed by atoms with van der Waals surface area (Å²) in [6.07, 6.45) is 4.44. The van der Waals surface area contributed by atoms with Crippen LogP contribution in [-0.4, -0.2) is 34.8 Å². The fourth-order valence-corrected chi connectivity index (χ4v) is 2.77. The van der Waals surface area contributed by atoms with E-state index in [4.69, 9.17) is 9.47 Å². The maximum atomic E-state index is 5.73. The zero-order valence-electron chi connectivity index (χ0n) is 11.6. The van der Waals surface area contributed by atoms with Crippen LogP contribution in [0.4, 0.5) is 0 Å². The first-order chi connectivity index (χ1) is 10.3.